The van der Waals surface area contributed by atoms with Gasteiger partial charge in [0.15, 0.2) is 10.4 Å². The van der Waals surface area contributed by atoms with Gasteiger partial charge in [-0.1, -0.05) is 0 Å². The van der Waals surface area contributed by atoms with Gasteiger partial charge in [-0.25, -0.2) is 14.6 Å². The first kappa shape index (κ1) is 11.9. The molecule has 92 valence electrons. The van der Waals surface area contributed by atoms with Crippen molar-refractivity contribution in [2.45, 2.75) is 13.1 Å². The predicted octanol–water partition coefficient (Wildman–Crippen LogP) is 0.926. The van der Waals surface area contributed by atoms with E-state index in [2.05, 4.69) is 25.7 Å². The topological polar surface area (TPSA) is 84.7 Å². The summed E-state index contributed by atoms with van der Waals surface area (Å²) in [4.78, 5) is 27.7. The van der Waals surface area contributed by atoms with Gasteiger partial charge in [-0.15, -0.1) is 0 Å². The minimum Gasteiger partial charge on any atom is -0.465 e. The number of carbonyl (C=O) groups excluding carboxylic acids is 1. The highest BCUT2D eigenvalue weighted by molar-refractivity contribution is 9.10. The van der Waals surface area contributed by atoms with Crippen LogP contribution < -0.4 is 0 Å². The summed E-state index contributed by atoms with van der Waals surface area (Å²) >= 11 is 3.24. The number of ether oxygens (including phenoxy) is 1. The summed E-state index contributed by atoms with van der Waals surface area (Å²) in [5.74, 6) is -0.563. The normalized spacial score (nSPS) is 14.4. The van der Waals surface area contributed by atoms with Crippen LogP contribution in [0.4, 0.5) is 4.79 Å². The lowest BCUT2D eigenvalue weighted by molar-refractivity contribution is 0.0589. The van der Waals surface area contributed by atoms with Crippen molar-refractivity contribution in [2.75, 3.05) is 13.7 Å². The van der Waals surface area contributed by atoms with Gasteiger partial charge < -0.3 is 19.3 Å². The van der Waals surface area contributed by atoms with Crippen molar-refractivity contribution >= 4 is 28.0 Å². The third kappa shape index (κ3) is 1.99. The van der Waals surface area contributed by atoms with Crippen LogP contribution >= 0.6 is 15.9 Å². The SMILES string of the molecule is COC(=O)c1nc(Br)n2c1CN(C(=O)O)CC2. The molecule has 7 nitrogen and oxygen atoms in total. The van der Waals surface area contributed by atoms with Crippen LogP contribution in [0.25, 0.3) is 0 Å². The summed E-state index contributed by atoms with van der Waals surface area (Å²) in [6.45, 7) is 0.975. The number of fused-ring (bicyclic) bond motifs is 1. The van der Waals surface area contributed by atoms with Gasteiger partial charge in [0.1, 0.15) is 0 Å². The molecule has 1 aromatic heterocycles. The molecule has 0 aromatic carbocycles. The molecule has 1 aliphatic heterocycles. The summed E-state index contributed by atoms with van der Waals surface area (Å²) < 4.78 is 6.89. The van der Waals surface area contributed by atoms with E-state index in [1.807, 2.05) is 0 Å². The first-order chi connectivity index (χ1) is 8.04. The molecular weight excluding hydrogens is 294 g/mol. The number of halogens is 1. The van der Waals surface area contributed by atoms with Gasteiger partial charge in [0.05, 0.1) is 19.3 Å². The summed E-state index contributed by atoms with van der Waals surface area (Å²) in [5.41, 5.74) is 0.711. The lowest BCUT2D eigenvalue weighted by Gasteiger charge is -2.26. The van der Waals surface area contributed by atoms with E-state index in [1.165, 1.54) is 12.0 Å². The molecule has 0 saturated heterocycles. The van der Waals surface area contributed by atoms with E-state index in [0.717, 1.165) is 0 Å². The standard InChI is InChI=1S/C9H10BrN3O4/c1-17-7(14)6-5-4-12(9(15)16)2-3-13(5)8(10)11-6/h2-4H2,1H3,(H,15,16). The first-order valence-electron chi connectivity index (χ1n) is 4.85. The Balaban J connectivity index is 2.40. The molecule has 8 heteroatoms. The Hall–Kier alpha value is -1.57. The molecule has 0 saturated carbocycles. The fraction of sp³-hybridized carbons (Fsp3) is 0.444. The van der Waals surface area contributed by atoms with Gasteiger partial charge >= 0.3 is 12.1 Å². The van der Waals surface area contributed by atoms with Crippen LogP contribution in [-0.4, -0.2) is 45.3 Å². The van der Waals surface area contributed by atoms with E-state index in [-0.39, 0.29) is 12.2 Å². The monoisotopic (exact) mass is 303 g/mol. The van der Waals surface area contributed by atoms with Gasteiger partial charge in [0.25, 0.3) is 0 Å². The maximum Gasteiger partial charge on any atom is 0.407 e. The summed E-state index contributed by atoms with van der Waals surface area (Å²) in [5, 5.41) is 8.93. The fourth-order valence-corrected chi connectivity index (χ4v) is 2.32. The number of imidazole rings is 1. The average Bonchev–Trinajstić information content (AvgIpc) is 2.65. The first-order valence-corrected chi connectivity index (χ1v) is 5.65. The number of amides is 1. The number of carboxylic acid groups (broad SMARTS) is 1. The smallest absolute Gasteiger partial charge is 0.407 e. The zero-order chi connectivity index (χ0) is 12.6. The molecule has 0 unspecified atom stereocenters. The molecule has 0 radical (unpaired) electrons. The van der Waals surface area contributed by atoms with E-state index in [1.54, 1.807) is 4.57 Å². The second-order valence-corrected chi connectivity index (χ2v) is 4.23. The van der Waals surface area contributed by atoms with Crippen molar-refractivity contribution in [2.24, 2.45) is 0 Å². The van der Waals surface area contributed by atoms with E-state index >= 15 is 0 Å². The molecular formula is C9H10BrN3O4. The van der Waals surface area contributed by atoms with Crippen LogP contribution in [0.15, 0.2) is 4.73 Å². The quantitative estimate of drug-likeness (QED) is 0.780. The van der Waals surface area contributed by atoms with E-state index < -0.39 is 12.1 Å². The van der Waals surface area contributed by atoms with Crippen molar-refractivity contribution in [1.82, 2.24) is 14.5 Å². The molecule has 0 aliphatic carbocycles. The number of methoxy groups -OCH3 is 1. The van der Waals surface area contributed by atoms with Crippen LogP contribution in [0, 0.1) is 0 Å². The molecule has 17 heavy (non-hydrogen) atoms. The van der Waals surface area contributed by atoms with E-state index in [0.29, 0.717) is 23.5 Å². The van der Waals surface area contributed by atoms with Crippen molar-refractivity contribution in [3.05, 3.63) is 16.1 Å². The number of aromatic nitrogens is 2. The van der Waals surface area contributed by atoms with Crippen LogP contribution in [0.3, 0.4) is 0 Å². The lowest BCUT2D eigenvalue weighted by Crippen LogP contribution is -2.37. The van der Waals surface area contributed by atoms with Crippen molar-refractivity contribution in [1.29, 1.82) is 0 Å². The van der Waals surface area contributed by atoms with E-state index in [9.17, 15) is 9.59 Å². The lowest BCUT2D eigenvalue weighted by atomic mass is 10.2. The highest BCUT2D eigenvalue weighted by Gasteiger charge is 2.28. The van der Waals surface area contributed by atoms with Gasteiger partial charge in [-0.05, 0) is 15.9 Å². The number of esters is 1. The van der Waals surface area contributed by atoms with Crippen LogP contribution in [-0.2, 0) is 17.8 Å². The Bertz CT molecular complexity index is 485. The predicted molar refractivity (Wildman–Crippen MR) is 59.7 cm³/mol. The van der Waals surface area contributed by atoms with Crippen molar-refractivity contribution in [3.63, 3.8) is 0 Å². The number of hydrogen-bond acceptors (Lipinski definition) is 4. The van der Waals surface area contributed by atoms with Crippen LogP contribution in [0.1, 0.15) is 16.2 Å². The highest BCUT2D eigenvalue weighted by atomic mass is 79.9. The summed E-state index contributed by atoms with van der Waals surface area (Å²) in [6, 6.07) is 0. The molecule has 1 amide bonds. The Kier molecular flexibility index (Phi) is 3.05. The second-order valence-electron chi connectivity index (χ2n) is 3.52. The molecule has 1 aromatic rings. The van der Waals surface area contributed by atoms with Gasteiger partial charge in [-0.2, -0.15) is 0 Å². The Labute approximate surface area is 105 Å². The average molecular weight is 304 g/mol. The Morgan fingerprint density at radius 2 is 2.18 bits per heavy atom. The molecule has 1 N–H and O–H groups in total. The molecule has 2 heterocycles. The number of hydrogen-bond donors (Lipinski definition) is 1. The Morgan fingerprint density at radius 3 is 2.76 bits per heavy atom. The molecule has 0 atom stereocenters. The molecule has 1 aliphatic rings. The van der Waals surface area contributed by atoms with Crippen LogP contribution in [0.5, 0.6) is 0 Å². The largest absolute Gasteiger partial charge is 0.465 e. The second kappa shape index (κ2) is 4.36. The van der Waals surface area contributed by atoms with Crippen LogP contribution in [0.2, 0.25) is 0 Å². The molecule has 0 bridgehead atoms. The number of carbonyl (C=O) groups is 2. The van der Waals surface area contributed by atoms with Gasteiger partial charge in [0, 0.05) is 13.1 Å². The Morgan fingerprint density at radius 1 is 1.47 bits per heavy atom. The maximum atomic E-state index is 11.5. The van der Waals surface area contributed by atoms with Crippen molar-refractivity contribution < 1.29 is 19.4 Å². The van der Waals surface area contributed by atoms with Crippen molar-refractivity contribution in [3.8, 4) is 0 Å². The third-order valence-electron chi connectivity index (χ3n) is 2.61. The minimum atomic E-state index is -1.01. The third-order valence-corrected chi connectivity index (χ3v) is 3.21. The molecule has 0 fully saturated rings. The van der Waals surface area contributed by atoms with Gasteiger partial charge in [0.2, 0.25) is 0 Å². The minimum absolute atomic E-state index is 0.137. The molecule has 2 rings (SSSR count). The molecule has 0 spiro atoms. The highest BCUT2D eigenvalue weighted by Crippen LogP contribution is 2.23. The number of nitrogens with zero attached hydrogens (tertiary/aromatic N) is 3. The van der Waals surface area contributed by atoms with Gasteiger partial charge in [-0.3, -0.25) is 0 Å². The summed E-state index contributed by atoms with van der Waals surface area (Å²) in [7, 11) is 1.26. The zero-order valence-corrected chi connectivity index (χ0v) is 10.6. The number of rotatable bonds is 1. The maximum absolute atomic E-state index is 11.5. The fourth-order valence-electron chi connectivity index (χ4n) is 1.75. The summed E-state index contributed by atoms with van der Waals surface area (Å²) in [6.07, 6.45) is -1.01. The zero-order valence-electron chi connectivity index (χ0n) is 9.01. The van der Waals surface area contributed by atoms with E-state index in [4.69, 9.17) is 5.11 Å².